The Balaban J connectivity index is 1.78. The van der Waals surface area contributed by atoms with Crippen LogP contribution in [0.2, 0.25) is 0 Å². The SMILES string of the molecule is CN(C)C[C@H]1CSCCCN1C(=O)c1ccc(-n2cccc2)cc1. The monoisotopic (exact) mass is 343 g/mol. The molecule has 4 nitrogen and oxygen atoms in total. The maximum absolute atomic E-state index is 13.0. The fraction of sp³-hybridized carbons (Fsp3) is 0.421. The van der Waals surface area contributed by atoms with Gasteiger partial charge in [-0.1, -0.05) is 0 Å². The number of benzene rings is 1. The topological polar surface area (TPSA) is 28.5 Å². The molecule has 128 valence electrons. The highest BCUT2D eigenvalue weighted by Gasteiger charge is 2.26. The van der Waals surface area contributed by atoms with E-state index in [0.29, 0.717) is 0 Å². The zero-order chi connectivity index (χ0) is 16.9. The largest absolute Gasteiger partial charge is 0.334 e. The van der Waals surface area contributed by atoms with Gasteiger partial charge in [-0.25, -0.2) is 0 Å². The normalized spacial score (nSPS) is 18.6. The number of likely N-dealkylation sites (N-methyl/N-ethyl adjacent to an activating group) is 1. The van der Waals surface area contributed by atoms with E-state index in [1.807, 2.05) is 65.1 Å². The van der Waals surface area contributed by atoms with Crippen molar-refractivity contribution in [2.75, 3.05) is 38.7 Å². The van der Waals surface area contributed by atoms with Crippen molar-refractivity contribution in [3.8, 4) is 5.69 Å². The van der Waals surface area contributed by atoms with Gasteiger partial charge >= 0.3 is 0 Å². The number of hydrogen-bond donors (Lipinski definition) is 0. The zero-order valence-corrected chi connectivity index (χ0v) is 15.2. The summed E-state index contributed by atoms with van der Waals surface area (Å²) in [6.07, 6.45) is 5.09. The first-order chi connectivity index (χ1) is 11.6. The van der Waals surface area contributed by atoms with Crippen molar-refractivity contribution in [3.05, 3.63) is 54.4 Å². The van der Waals surface area contributed by atoms with Crippen LogP contribution in [0, 0.1) is 0 Å². The molecule has 2 aromatic rings. The van der Waals surface area contributed by atoms with Crippen molar-refractivity contribution in [2.24, 2.45) is 0 Å². The Morgan fingerprint density at radius 2 is 1.92 bits per heavy atom. The molecule has 1 fully saturated rings. The van der Waals surface area contributed by atoms with Crippen LogP contribution in [0.5, 0.6) is 0 Å². The van der Waals surface area contributed by atoms with Crippen molar-refractivity contribution in [3.63, 3.8) is 0 Å². The van der Waals surface area contributed by atoms with Crippen LogP contribution in [0.4, 0.5) is 0 Å². The zero-order valence-electron chi connectivity index (χ0n) is 14.4. The third-order valence-corrected chi connectivity index (χ3v) is 5.49. The number of amides is 1. The number of carbonyl (C=O) groups excluding carboxylic acids is 1. The Labute approximate surface area is 148 Å². The molecular weight excluding hydrogens is 318 g/mol. The summed E-state index contributed by atoms with van der Waals surface area (Å²) in [6.45, 7) is 1.77. The Bertz CT molecular complexity index is 652. The Morgan fingerprint density at radius 1 is 1.21 bits per heavy atom. The van der Waals surface area contributed by atoms with Crippen LogP contribution in [0.3, 0.4) is 0 Å². The minimum Gasteiger partial charge on any atom is -0.334 e. The molecule has 24 heavy (non-hydrogen) atoms. The van der Waals surface area contributed by atoms with Gasteiger partial charge in [0, 0.05) is 42.5 Å². The maximum Gasteiger partial charge on any atom is 0.254 e. The Kier molecular flexibility index (Phi) is 5.63. The van der Waals surface area contributed by atoms with Crippen LogP contribution < -0.4 is 0 Å². The highest BCUT2D eigenvalue weighted by molar-refractivity contribution is 7.99. The minimum atomic E-state index is 0.156. The van der Waals surface area contributed by atoms with E-state index in [1.54, 1.807) is 0 Å². The van der Waals surface area contributed by atoms with Gasteiger partial charge in [-0.05, 0) is 62.7 Å². The first kappa shape index (κ1) is 17.1. The molecule has 1 aromatic heterocycles. The molecule has 1 atom stereocenters. The third-order valence-electron chi connectivity index (χ3n) is 4.29. The van der Waals surface area contributed by atoms with Crippen molar-refractivity contribution < 1.29 is 4.79 Å². The molecule has 0 spiro atoms. The quantitative estimate of drug-likeness (QED) is 0.854. The molecule has 0 unspecified atom stereocenters. The van der Waals surface area contributed by atoms with Gasteiger partial charge in [0.15, 0.2) is 0 Å². The Morgan fingerprint density at radius 3 is 2.58 bits per heavy atom. The first-order valence-corrected chi connectivity index (χ1v) is 9.57. The number of rotatable bonds is 4. The van der Waals surface area contributed by atoms with Crippen LogP contribution in [0.1, 0.15) is 16.8 Å². The van der Waals surface area contributed by atoms with Gasteiger partial charge in [-0.15, -0.1) is 0 Å². The summed E-state index contributed by atoms with van der Waals surface area (Å²) in [4.78, 5) is 17.3. The molecular formula is C19H25N3OS. The molecule has 1 aliphatic rings. The Hall–Kier alpha value is -1.72. The van der Waals surface area contributed by atoms with E-state index in [-0.39, 0.29) is 11.9 Å². The van der Waals surface area contributed by atoms with Gasteiger partial charge in [-0.3, -0.25) is 4.79 Å². The highest BCUT2D eigenvalue weighted by atomic mass is 32.2. The number of thioether (sulfide) groups is 1. The predicted octanol–water partition coefficient (Wildman–Crippen LogP) is 2.99. The molecule has 3 rings (SSSR count). The highest BCUT2D eigenvalue weighted by Crippen LogP contribution is 2.20. The molecule has 0 radical (unpaired) electrons. The molecule has 0 bridgehead atoms. The van der Waals surface area contributed by atoms with Gasteiger partial charge < -0.3 is 14.4 Å². The van der Waals surface area contributed by atoms with Gasteiger partial charge in [-0.2, -0.15) is 11.8 Å². The minimum absolute atomic E-state index is 0.156. The second kappa shape index (κ2) is 7.90. The summed E-state index contributed by atoms with van der Waals surface area (Å²) in [7, 11) is 4.15. The molecule has 0 saturated carbocycles. The number of hydrogen-bond acceptors (Lipinski definition) is 3. The van der Waals surface area contributed by atoms with Crippen molar-refractivity contribution in [1.29, 1.82) is 0 Å². The molecule has 0 N–H and O–H groups in total. The summed E-state index contributed by atoms with van der Waals surface area (Å²) >= 11 is 1.96. The van der Waals surface area contributed by atoms with Gasteiger partial charge in [0.05, 0.1) is 6.04 Å². The smallest absolute Gasteiger partial charge is 0.254 e. The molecule has 1 aromatic carbocycles. The predicted molar refractivity (Wildman–Crippen MR) is 101 cm³/mol. The number of aromatic nitrogens is 1. The molecule has 5 heteroatoms. The average Bonchev–Trinajstić information content (AvgIpc) is 3.02. The van der Waals surface area contributed by atoms with E-state index < -0.39 is 0 Å². The summed E-state index contributed by atoms with van der Waals surface area (Å²) in [6, 6.07) is 12.2. The standard InChI is InChI=1S/C19H25N3OS/c1-20(2)14-18-15-24-13-5-12-22(18)19(23)16-6-8-17(9-7-16)21-10-3-4-11-21/h3-4,6-11,18H,5,12-15H2,1-2H3/t18-/m0/s1. The van der Waals surface area contributed by atoms with E-state index >= 15 is 0 Å². The first-order valence-electron chi connectivity index (χ1n) is 8.42. The summed E-state index contributed by atoms with van der Waals surface area (Å²) in [5.41, 5.74) is 1.86. The van der Waals surface area contributed by atoms with E-state index in [4.69, 9.17) is 0 Å². The second-order valence-corrected chi connectivity index (χ2v) is 7.63. The maximum atomic E-state index is 13.0. The fourth-order valence-electron chi connectivity index (χ4n) is 3.12. The van der Waals surface area contributed by atoms with E-state index in [9.17, 15) is 4.79 Å². The van der Waals surface area contributed by atoms with E-state index in [1.165, 1.54) is 0 Å². The van der Waals surface area contributed by atoms with E-state index in [0.717, 1.165) is 42.3 Å². The number of nitrogens with zero attached hydrogens (tertiary/aromatic N) is 3. The van der Waals surface area contributed by atoms with Crippen LogP contribution in [-0.2, 0) is 0 Å². The second-order valence-electron chi connectivity index (χ2n) is 6.48. The van der Waals surface area contributed by atoms with Crippen LogP contribution in [-0.4, -0.2) is 65.0 Å². The molecule has 1 saturated heterocycles. The van der Waals surface area contributed by atoms with Gasteiger partial charge in [0.25, 0.3) is 5.91 Å². The van der Waals surface area contributed by atoms with Gasteiger partial charge in [0.1, 0.15) is 0 Å². The molecule has 0 aliphatic carbocycles. The summed E-state index contributed by atoms with van der Waals surface area (Å²) < 4.78 is 2.05. The fourth-order valence-corrected chi connectivity index (χ4v) is 4.17. The number of carbonyl (C=O) groups is 1. The lowest BCUT2D eigenvalue weighted by Gasteiger charge is -2.31. The molecule has 1 aliphatic heterocycles. The van der Waals surface area contributed by atoms with Gasteiger partial charge in [0.2, 0.25) is 0 Å². The van der Waals surface area contributed by atoms with Crippen molar-refractivity contribution in [1.82, 2.24) is 14.4 Å². The van der Waals surface area contributed by atoms with E-state index in [2.05, 4.69) is 23.9 Å². The lowest BCUT2D eigenvalue weighted by Crippen LogP contribution is -2.46. The molecule has 2 heterocycles. The van der Waals surface area contributed by atoms with Crippen LogP contribution >= 0.6 is 11.8 Å². The van der Waals surface area contributed by atoms with Crippen LogP contribution in [0.25, 0.3) is 5.69 Å². The average molecular weight is 343 g/mol. The lowest BCUT2D eigenvalue weighted by molar-refractivity contribution is 0.0675. The third kappa shape index (κ3) is 4.02. The summed E-state index contributed by atoms with van der Waals surface area (Å²) in [5.74, 6) is 2.31. The molecule has 1 amide bonds. The summed E-state index contributed by atoms with van der Waals surface area (Å²) in [5, 5.41) is 0. The van der Waals surface area contributed by atoms with Crippen molar-refractivity contribution in [2.45, 2.75) is 12.5 Å². The van der Waals surface area contributed by atoms with Crippen LogP contribution in [0.15, 0.2) is 48.8 Å². The van der Waals surface area contributed by atoms with Crippen molar-refractivity contribution >= 4 is 17.7 Å². The lowest BCUT2D eigenvalue weighted by atomic mass is 10.1.